The van der Waals surface area contributed by atoms with E-state index in [9.17, 15) is 4.79 Å². The molecule has 0 radical (unpaired) electrons. The van der Waals surface area contributed by atoms with Gasteiger partial charge in [0.2, 0.25) is 5.91 Å². The summed E-state index contributed by atoms with van der Waals surface area (Å²) in [5, 5.41) is 4.91. The van der Waals surface area contributed by atoms with Crippen molar-refractivity contribution in [1.29, 1.82) is 0 Å². The molecule has 1 N–H and O–H groups in total. The Morgan fingerprint density at radius 2 is 2.00 bits per heavy atom. The van der Waals surface area contributed by atoms with E-state index < -0.39 is 0 Å². The van der Waals surface area contributed by atoms with Crippen molar-refractivity contribution in [2.24, 2.45) is 0 Å². The quantitative estimate of drug-likeness (QED) is 0.788. The monoisotopic (exact) mass is 275 g/mol. The van der Waals surface area contributed by atoms with Crippen LogP contribution in [0.4, 0.5) is 0 Å². The van der Waals surface area contributed by atoms with Crippen LogP contribution in [0, 0.1) is 0 Å². The maximum absolute atomic E-state index is 11.6. The van der Waals surface area contributed by atoms with Crippen LogP contribution in [0.5, 0.6) is 5.75 Å². The van der Waals surface area contributed by atoms with E-state index in [4.69, 9.17) is 4.74 Å². The van der Waals surface area contributed by atoms with Gasteiger partial charge in [-0.25, -0.2) is 0 Å². The summed E-state index contributed by atoms with van der Waals surface area (Å²) >= 11 is 1.65. The lowest BCUT2D eigenvalue weighted by Crippen LogP contribution is -2.22. The predicted octanol–water partition coefficient (Wildman–Crippen LogP) is 3.22. The molecule has 0 aliphatic carbocycles. The fraction of sp³-hybridized carbons (Fsp3) is 0.267. The second-order valence-corrected chi connectivity index (χ2v) is 5.15. The molecule has 3 nitrogen and oxygen atoms in total. The largest absolute Gasteiger partial charge is 0.494 e. The molecule has 0 saturated carbocycles. The van der Waals surface area contributed by atoms with Gasteiger partial charge in [0, 0.05) is 11.3 Å². The highest BCUT2D eigenvalue weighted by atomic mass is 32.1. The molecule has 1 heterocycles. The molecule has 2 aromatic rings. The summed E-state index contributed by atoms with van der Waals surface area (Å²) in [5.41, 5.74) is 0. The Hall–Kier alpha value is -1.81. The molecule has 0 unspecified atom stereocenters. The van der Waals surface area contributed by atoms with E-state index in [1.54, 1.807) is 11.3 Å². The summed E-state index contributed by atoms with van der Waals surface area (Å²) in [6, 6.07) is 13.6. The number of hydrogen-bond acceptors (Lipinski definition) is 3. The number of hydrogen-bond donors (Lipinski definition) is 1. The molecule has 19 heavy (non-hydrogen) atoms. The molecular weight excluding hydrogens is 258 g/mol. The standard InChI is InChI=1S/C15H17NO2S/c17-15(16-12-14-8-5-11-19-14)9-4-10-18-13-6-2-1-3-7-13/h1-3,5-8,11H,4,9-10,12H2,(H,16,17). The highest BCUT2D eigenvalue weighted by Crippen LogP contribution is 2.09. The Labute approximate surface area is 117 Å². The smallest absolute Gasteiger partial charge is 0.220 e. The average molecular weight is 275 g/mol. The van der Waals surface area contributed by atoms with Crippen LogP contribution in [-0.4, -0.2) is 12.5 Å². The van der Waals surface area contributed by atoms with E-state index in [1.807, 2.05) is 47.8 Å². The maximum atomic E-state index is 11.6. The van der Waals surface area contributed by atoms with Gasteiger partial charge in [0.1, 0.15) is 5.75 Å². The first-order valence-corrected chi connectivity index (χ1v) is 7.19. The molecule has 0 fully saturated rings. The van der Waals surface area contributed by atoms with Crippen molar-refractivity contribution < 1.29 is 9.53 Å². The number of thiophene rings is 1. The fourth-order valence-electron chi connectivity index (χ4n) is 1.63. The third kappa shape index (κ3) is 5.14. The Morgan fingerprint density at radius 3 is 2.74 bits per heavy atom. The van der Waals surface area contributed by atoms with Crippen LogP contribution in [0.3, 0.4) is 0 Å². The lowest BCUT2D eigenvalue weighted by atomic mass is 10.3. The van der Waals surface area contributed by atoms with Gasteiger partial charge in [-0.15, -0.1) is 11.3 Å². The van der Waals surface area contributed by atoms with Crippen molar-refractivity contribution in [3.63, 3.8) is 0 Å². The van der Waals surface area contributed by atoms with Crippen molar-refractivity contribution in [3.8, 4) is 5.75 Å². The SMILES string of the molecule is O=C(CCCOc1ccccc1)NCc1cccs1. The molecule has 0 aliphatic heterocycles. The van der Waals surface area contributed by atoms with Crippen molar-refractivity contribution in [2.45, 2.75) is 19.4 Å². The third-order valence-electron chi connectivity index (χ3n) is 2.60. The summed E-state index contributed by atoms with van der Waals surface area (Å²) in [7, 11) is 0. The Kier molecular flexibility index (Phi) is 5.44. The highest BCUT2D eigenvalue weighted by Gasteiger charge is 2.02. The van der Waals surface area contributed by atoms with Gasteiger partial charge in [-0.3, -0.25) is 4.79 Å². The van der Waals surface area contributed by atoms with Gasteiger partial charge in [-0.05, 0) is 30.0 Å². The van der Waals surface area contributed by atoms with E-state index in [-0.39, 0.29) is 5.91 Å². The van der Waals surface area contributed by atoms with Crippen molar-refractivity contribution in [2.75, 3.05) is 6.61 Å². The Morgan fingerprint density at radius 1 is 1.16 bits per heavy atom. The normalized spacial score (nSPS) is 10.1. The van der Waals surface area contributed by atoms with Gasteiger partial charge in [-0.2, -0.15) is 0 Å². The average Bonchev–Trinajstić information content (AvgIpc) is 2.96. The molecular formula is C15H17NO2S. The molecule has 0 atom stereocenters. The minimum absolute atomic E-state index is 0.0741. The van der Waals surface area contributed by atoms with E-state index >= 15 is 0 Å². The van der Waals surface area contributed by atoms with Crippen LogP contribution in [-0.2, 0) is 11.3 Å². The summed E-state index contributed by atoms with van der Waals surface area (Å²) < 4.78 is 5.53. The molecule has 1 aromatic carbocycles. The number of nitrogens with one attached hydrogen (secondary N) is 1. The molecule has 1 aromatic heterocycles. The topological polar surface area (TPSA) is 38.3 Å². The molecule has 0 saturated heterocycles. The van der Waals surface area contributed by atoms with E-state index in [2.05, 4.69) is 5.32 Å². The summed E-state index contributed by atoms with van der Waals surface area (Å²) in [6.45, 7) is 1.19. The maximum Gasteiger partial charge on any atom is 0.220 e. The molecule has 1 amide bonds. The number of amides is 1. The number of para-hydroxylation sites is 1. The lowest BCUT2D eigenvalue weighted by molar-refractivity contribution is -0.121. The second-order valence-electron chi connectivity index (χ2n) is 4.12. The number of benzene rings is 1. The Bertz CT molecular complexity index is 482. The molecule has 0 bridgehead atoms. The molecule has 100 valence electrons. The van der Waals surface area contributed by atoms with Gasteiger partial charge in [0.25, 0.3) is 0 Å². The first kappa shape index (κ1) is 13.6. The minimum Gasteiger partial charge on any atom is -0.494 e. The van der Waals surface area contributed by atoms with Crippen LogP contribution in [0.25, 0.3) is 0 Å². The summed E-state index contributed by atoms with van der Waals surface area (Å²) in [6.07, 6.45) is 1.23. The molecule has 0 spiro atoms. The van der Waals surface area contributed by atoms with Crippen LogP contribution >= 0.6 is 11.3 Å². The molecule has 0 aliphatic rings. The van der Waals surface area contributed by atoms with Crippen molar-refractivity contribution in [3.05, 3.63) is 52.7 Å². The number of ether oxygens (including phenoxy) is 1. The van der Waals surface area contributed by atoms with Gasteiger partial charge in [0.15, 0.2) is 0 Å². The van der Waals surface area contributed by atoms with E-state index in [1.165, 1.54) is 4.88 Å². The van der Waals surface area contributed by atoms with Gasteiger partial charge in [-0.1, -0.05) is 24.3 Å². The van der Waals surface area contributed by atoms with Crippen molar-refractivity contribution in [1.82, 2.24) is 5.32 Å². The van der Waals surface area contributed by atoms with E-state index in [0.29, 0.717) is 19.6 Å². The number of carbonyl (C=O) groups excluding carboxylic acids is 1. The second kappa shape index (κ2) is 7.59. The zero-order valence-corrected chi connectivity index (χ0v) is 11.5. The fourth-order valence-corrected chi connectivity index (χ4v) is 2.27. The molecule has 4 heteroatoms. The number of rotatable bonds is 7. The van der Waals surface area contributed by atoms with Crippen LogP contribution in [0.2, 0.25) is 0 Å². The summed E-state index contributed by atoms with van der Waals surface area (Å²) in [5.74, 6) is 0.923. The Balaban J connectivity index is 1.57. The van der Waals surface area contributed by atoms with Crippen LogP contribution in [0.1, 0.15) is 17.7 Å². The first-order chi connectivity index (χ1) is 9.34. The van der Waals surface area contributed by atoms with Crippen LogP contribution in [0.15, 0.2) is 47.8 Å². The van der Waals surface area contributed by atoms with Gasteiger partial charge >= 0.3 is 0 Å². The lowest BCUT2D eigenvalue weighted by Gasteiger charge is -2.06. The first-order valence-electron chi connectivity index (χ1n) is 6.31. The molecule has 2 rings (SSSR count). The van der Waals surface area contributed by atoms with Gasteiger partial charge in [0.05, 0.1) is 13.2 Å². The number of carbonyl (C=O) groups is 1. The zero-order valence-electron chi connectivity index (χ0n) is 10.7. The minimum atomic E-state index is 0.0741. The van der Waals surface area contributed by atoms with Gasteiger partial charge < -0.3 is 10.1 Å². The third-order valence-corrected chi connectivity index (χ3v) is 3.48. The zero-order chi connectivity index (χ0) is 13.3. The predicted molar refractivity (Wildman–Crippen MR) is 77.3 cm³/mol. The summed E-state index contributed by atoms with van der Waals surface area (Å²) in [4.78, 5) is 12.8. The van der Waals surface area contributed by atoms with E-state index in [0.717, 1.165) is 12.2 Å². The van der Waals surface area contributed by atoms with Crippen molar-refractivity contribution >= 4 is 17.2 Å². The highest BCUT2D eigenvalue weighted by molar-refractivity contribution is 7.09. The van der Waals surface area contributed by atoms with Crippen LogP contribution < -0.4 is 10.1 Å².